The lowest BCUT2D eigenvalue weighted by atomic mass is 10.1. The Morgan fingerprint density at radius 3 is 3.09 bits per heavy atom. The van der Waals surface area contributed by atoms with Gasteiger partial charge in [0.05, 0.1) is 29.9 Å². The Hall–Kier alpha value is -2.40. The third-order valence-electron chi connectivity index (χ3n) is 3.35. The first-order chi connectivity index (χ1) is 10.8. The molecule has 5 nitrogen and oxygen atoms in total. The van der Waals surface area contributed by atoms with Crippen LogP contribution in [0.3, 0.4) is 0 Å². The standard InChI is InChI=1S/C16H15ClN4O/c17-16-2-1-14-15(21-16)7-11(9-20-14)12(8-18)10-19-13-3-5-22-6-4-13/h1-3,5,7-10,13H,4,6,18H2. The molecule has 1 unspecified atom stereocenters. The smallest absolute Gasteiger partial charge is 0.129 e. The van der Waals surface area contributed by atoms with E-state index in [9.17, 15) is 0 Å². The summed E-state index contributed by atoms with van der Waals surface area (Å²) in [6.45, 7) is 0.681. The maximum atomic E-state index is 5.92. The Bertz CT molecular complexity index is 770. The van der Waals surface area contributed by atoms with Crippen LogP contribution in [0.5, 0.6) is 0 Å². The summed E-state index contributed by atoms with van der Waals surface area (Å²) in [5.41, 5.74) is 8.88. The van der Waals surface area contributed by atoms with Crippen LogP contribution in [0.1, 0.15) is 12.0 Å². The number of hydrogen-bond acceptors (Lipinski definition) is 5. The fraction of sp³-hybridized carbons (Fsp3) is 0.188. The van der Waals surface area contributed by atoms with E-state index in [1.807, 2.05) is 18.2 Å². The number of aromatic nitrogens is 2. The lowest BCUT2D eigenvalue weighted by Crippen LogP contribution is -2.09. The fourth-order valence-corrected chi connectivity index (χ4v) is 2.31. The van der Waals surface area contributed by atoms with Crippen LogP contribution in [-0.2, 0) is 4.74 Å². The summed E-state index contributed by atoms with van der Waals surface area (Å²) in [6.07, 6.45) is 9.49. The van der Waals surface area contributed by atoms with Gasteiger partial charge in [0.25, 0.3) is 0 Å². The number of nitrogens with zero attached hydrogens (tertiary/aromatic N) is 3. The minimum absolute atomic E-state index is 0.115. The molecule has 0 aromatic carbocycles. The van der Waals surface area contributed by atoms with E-state index in [2.05, 4.69) is 15.0 Å². The highest BCUT2D eigenvalue weighted by molar-refractivity contribution is 6.29. The predicted molar refractivity (Wildman–Crippen MR) is 88.7 cm³/mol. The lowest BCUT2D eigenvalue weighted by molar-refractivity contribution is 0.223. The molecule has 22 heavy (non-hydrogen) atoms. The van der Waals surface area contributed by atoms with Gasteiger partial charge in [-0.1, -0.05) is 11.6 Å². The van der Waals surface area contributed by atoms with Crippen LogP contribution in [-0.4, -0.2) is 28.8 Å². The van der Waals surface area contributed by atoms with E-state index in [-0.39, 0.29) is 6.04 Å². The molecule has 0 bridgehead atoms. The van der Waals surface area contributed by atoms with Gasteiger partial charge in [-0.05, 0) is 24.3 Å². The molecule has 0 saturated carbocycles. The number of rotatable bonds is 3. The van der Waals surface area contributed by atoms with Crippen LogP contribution in [0, 0.1) is 0 Å². The number of allylic oxidation sites excluding steroid dienone is 1. The molecule has 2 aromatic rings. The average Bonchev–Trinajstić information content (AvgIpc) is 2.56. The number of ether oxygens (including phenoxy) is 1. The van der Waals surface area contributed by atoms with Crippen LogP contribution in [0.25, 0.3) is 16.6 Å². The molecule has 1 aliphatic rings. The van der Waals surface area contributed by atoms with Crippen molar-refractivity contribution in [2.24, 2.45) is 10.7 Å². The van der Waals surface area contributed by atoms with Crippen molar-refractivity contribution in [2.75, 3.05) is 6.61 Å². The van der Waals surface area contributed by atoms with Gasteiger partial charge in [-0.15, -0.1) is 0 Å². The average molecular weight is 315 g/mol. The van der Waals surface area contributed by atoms with Gasteiger partial charge in [0, 0.05) is 36.2 Å². The van der Waals surface area contributed by atoms with Gasteiger partial charge in [-0.25, -0.2) is 4.98 Å². The molecular formula is C16H15ClN4O. The lowest BCUT2D eigenvalue weighted by Gasteiger charge is -2.12. The van der Waals surface area contributed by atoms with Crippen LogP contribution < -0.4 is 5.73 Å². The highest BCUT2D eigenvalue weighted by atomic mass is 35.5. The van der Waals surface area contributed by atoms with E-state index in [0.29, 0.717) is 11.8 Å². The van der Waals surface area contributed by atoms with Gasteiger partial charge < -0.3 is 10.5 Å². The molecule has 0 spiro atoms. The number of nitrogens with two attached hydrogens (primary N) is 1. The molecule has 0 amide bonds. The predicted octanol–water partition coefficient (Wildman–Crippen LogP) is 2.96. The second kappa shape index (κ2) is 6.58. The first-order valence-corrected chi connectivity index (χ1v) is 7.30. The van der Waals surface area contributed by atoms with Gasteiger partial charge in [0.2, 0.25) is 0 Å². The number of aliphatic imine (C=N–C) groups is 1. The molecular weight excluding hydrogens is 300 g/mol. The van der Waals surface area contributed by atoms with E-state index in [1.54, 1.807) is 24.7 Å². The molecule has 112 valence electrons. The van der Waals surface area contributed by atoms with Crippen molar-refractivity contribution < 1.29 is 4.74 Å². The van der Waals surface area contributed by atoms with Crippen LogP contribution >= 0.6 is 11.6 Å². The van der Waals surface area contributed by atoms with Crippen molar-refractivity contribution in [1.82, 2.24) is 9.97 Å². The van der Waals surface area contributed by atoms with Crippen molar-refractivity contribution in [1.29, 1.82) is 0 Å². The maximum Gasteiger partial charge on any atom is 0.129 e. The van der Waals surface area contributed by atoms with Gasteiger partial charge in [-0.2, -0.15) is 0 Å². The van der Waals surface area contributed by atoms with E-state index in [4.69, 9.17) is 22.1 Å². The third-order valence-corrected chi connectivity index (χ3v) is 3.56. The van der Waals surface area contributed by atoms with E-state index in [0.717, 1.165) is 28.6 Å². The molecule has 2 N–H and O–H groups in total. The normalized spacial score (nSPS) is 18.8. The molecule has 0 saturated heterocycles. The zero-order valence-electron chi connectivity index (χ0n) is 11.8. The zero-order valence-corrected chi connectivity index (χ0v) is 12.6. The Labute approximate surface area is 133 Å². The van der Waals surface area contributed by atoms with E-state index in [1.165, 1.54) is 6.20 Å². The number of halogens is 1. The second-order valence-electron chi connectivity index (χ2n) is 4.85. The summed E-state index contributed by atoms with van der Waals surface area (Å²) in [4.78, 5) is 13.2. The Morgan fingerprint density at radius 2 is 2.32 bits per heavy atom. The largest absolute Gasteiger partial charge is 0.501 e. The van der Waals surface area contributed by atoms with Gasteiger partial charge in [0.15, 0.2) is 0 Å². The first-order valence-electron chi connectivity index (χ1n) is 6.92. The van der Waals surface area contributed by atoms with E-state index < -0.39 is 0 Å². The minimum atomic E-state index is 0.115. The first kappa shape index (κ1) is 14.5. The van der Waals surface area contributed by atoms with Crippen LogP contribution in [0.2, 0.25) is 5.15 Å². The fourth-order valence-electron chi connectivity index (χ4n) is 2.15. The molecule has 6 heteroatoms. The van der Waals surface area contributed by atoms with Crippen molar-refractivity contribution in [3.8, 4) is 0 Å². The molecule has 1 atom stereocenters. The van der Waals surface area contributed by atoms with Gasteiger partial charge in [-0.3, -0.25) is 9.98 Å². The zero-order chi connectivity index (χ0) is 15.4. The topological polar surface area (TPSA) is 73.4 Å². The van der Waals surface area contributed by atoms with Crippen LogP contribution in [0.15, 0.2) is 47.9 Å². The van der Waals surface area contributed by atoms with Crippen molar-refractivity contribution >= 4 is 34.4 Å². The monoisotopic (exact) mass is 314 g/mol. The van der Waals surface area contributed by atoms with Gasteiger partial charge in [0.1, 0.15) is 5.15 Å². The molecule has 2 aromatic heterocycles. The minimum Gasteiger partial charge on any atom is -0.501 e. The maximum absolute atomic E-state index is 5.92. The Morgan fingerprint density at radius 1 is 1.41 bits per heavy atom. The Balaban J connectivity index is 1.88. The molecule has 3 rings (SSSR count). The molecule has 1 aliphatic heterocycles. The third kappa shape index (κ3) is 3.26. The summed E-state index contributed by atoms with van der Waals surface area (Å²) in [5, 5.41) is 0.436. The number of fused-ring (bicyclic) bond motifs is 1. The van der Waals surface area contributed by atoms with Crippen molar-refractivity contribution in [3.05, 3.63) is 53.7 Å². The highest BCUT2D eigenvalue weighted by Crippen LogP contribution is 2.19. The quantitative estimate of drug-likeness (QED) is 0.698. The summed E-state index contributed by atoms with van der Waals surface area (Å²) < 4.78 is 5.15. The molecule has 0 radical (unpaired) electrons. The number of hydrogen-bond donors (Lipinski definition) is 1. The summed E-state index contributed by atoms with van der Waals surface area (Å²) in [5.74, 6) is 0. The number of pyridine rings is 2. The van der Waals surface area contributed by atoms with Crippen molar-refractivity contribution in [2.45, 2.75) is 12.5 Å². The highest BCUT2D eigenvalue weighted by Gasteiger charge is 2.07. The second-order valence-corrected chi connectivity index (χ2v) is 5.24. The van der Waals surface area contributed by atoms with Crippen molar-refractivity contribution in [3.63, 3.8) is 0 Å². The summed E-state index contributed by atoms with van der Waals surface area (Å²) in [6, 6.07) is 5.57. The molecule has 3 heterocycles. The molecule has 0 fully saturated rings. The summed E-state index contributed by atoms with van der Waals surface area (Å²) in [7, 11) is 0. The van der Waals surface area contributed by atoms with E-state index >= 15 is 0 Å². The van der Waals surface area contributed by atoms with Crippen LogP contribution in [0.4, 0.5) is 0 Å². The van der Waals surface area contributed by atoms with Gasteiger partial charge >= 0.3 is 0 Å². The molecule has 0 aliphatic carbocycles. The Kier molecular flexibility index (Phi) is 4.34. The summed E-state index contributed by atoms with van der Waals surface area (Å²) >= 11 is 5.92. The SMILES string of the molecule is NC=C(C=NC1C=COCC1)c1cnc2ccc(Cl)nc2c1.